The van der Waals surface area contributed by atoms with Gasteiger partial charge in [0.1, 0.15) is 12.4 Å². The molecule has 1 saturated carbocycles. The number of aliphatic hydroxyl groups excluding tert-OH is 1. The molecule has 4 heteroatoms. The van der Waals surface area contributed by atoms with Crippen LogP contribution in [0, 0.1) is 0 Å². The second kappa shape index (κ2) is 4.75. The number of hydrogen-bond donors (Lipinski definition) is 2. The maximum absolute atomic E-state index is 11.3. The van der Waals surface area contributed by atoms with Gasteiger partial charge in [0, 0.05) is 0 Å². The van der Waals surface area contributed by atoms with Gasteiger partial charge in [-0.25, -0.2) is 0 Å². The second-order valence-corrected chi connectivity index (χ2v) is 4.34. The molecule has 0 atom stereocenters. The average Bonchev–Trinajstić information content (AvgIpc) is 2.26. The SMILES string of the molecule is O=C(O)C1(c2ccc(OCCO)cc2)CCC1. The van der Waals surface area contributed by atoms with Crippen LogP contribution in [0.25, 0.3) is 0 Å². The first-order valence-electron chi connectivity index (χ1n) is 5.77. The normalized spacial score (nSPS) is 17.2. The van der Waals surface area contributed by atoms with Gasteiger partial charge in [-0.05, 0) is 30.5 Å². The lowest BCUT2D eigenvalue weighted by molar-refractivity contribution is -0.147. The fraction of sp³-hybridized carbons (Fsp3) is 0.462. The van der Waals surface area contributed by atoms with Crippen LogP contribution < -0.4 is 4.74 Å². The van der Waals surface area contributed by atoms with Crippen LogP contribution in [-0.4, -0.2) is 29.4 Å². The highest BCUT2D eigenvalue weighted by atomic mass is 16.5. The molecular formula is C13H16O4. The van der Waals surface area contributed by atoms with E-state index in [2.05, 4.69) is 0 Å². The Kier molecular flexibility index (Phi) is 3.33. The van der Waals surface area contributed by atoms with Gasteiger partial charge in [0.05, 0.1) is 12.0 Å². The van der Waals surface area contributed by atoms with Gasteiger partial charge in [-0.3, -0.25) is 4.79 Å². The minimum Gasteiger partial charge on any atom is -0.491 e. The van der Waals surface area contributed by atoms with Crippen molar-refractivity contribution < 1.29 is 19.7 Å². The molecule has 0 amide bonds. The molecule has 1 aromatic rings. The smallest absolute Gasteiger partial charge is 0.314 e. The predicted octanol–water partition coefficient (Wildman–Crippen LogP) is 1.56. The van der Waals surface area contributed by atoms with E-state index in [1.807, 2.05) is 0 Å². The van der Waals surface area contributed by atoms with Crippen molar-refractivity contribution in [2.24, 2.45) is 0 Å². The molecule has 0 spiro atoms. The summed E-state index contributed by atoms with van der Waals surface area (Å²) in [5, 5.41) is 17.9. The number of aliphatic hydroxyl groups is 1. The van der Waals surface area contributed by atoms with Gasteiger partial charge in [-0.1, -0.05) is 18.6 Å². The van der Waals surface area contributed by atoms with E-state index in [0.717, 1.165) is 12.0 Å². The van der Waals surface area contributed by atoms with Crippen molar-refractivity contribution in [2.45, 2.75) is 24.7 Å². The van der Waals surface area contributed by atoms with E-state index in [4.69, 9.17) is 9.84 Å². The third-order valence-corrected chi connectivity index (χ3v) is 3.38. The number of ether oxygens (including phenoxy) is 1. The molecule has 2 N–H and O–H groups in total. The van der Waals surface area contributed by atoms with Crippen LogP contribution in [0.3, 0.4) is 0 Å². The van der Waals surface area contributed by atoms with Crippen LogP contribution in [0.4, 0.5) is 0 Å². The monoisotopic (exact) mass is 236 g/mol. The van der Waals surface area contributed by atoms with Crippen LogP contribution in [-0.2, 0) is 10.2 Å². The van der Waals surface area contributed by atoms with Crippen LogP contribution in [0.15, 0.2) is 24.3 Å². The maximum Gasteiger partial charge on any atom is 0.314 e. The maximum atomic E-state index is 11.3. The molecule has 1 aliphatic rings. The average molecular weight is 236 g/mol. The number of benzene rings is 1. The first kappa shape index (κ1) is 11.9. The van der Waals surface area contributed by atoms with E-state index in [9.17, 15) is 9.90 Å². The van der Waals surface area contributed by atoms with Gasteiger partial charge in [0.25, 0.3) is 0 Å². The molecule has 0 saturated heterocycles. The Labute approximate surface area is 99.8 Å². The highest BCUT2D eigenvalue weighted by Crippen LogP contribution is 2.44. The zero-order chi connectivity index (χ0) is 12.3. The molecule has 4 nitrogen and oxygen atoms in total. The molecule has 0 radical (unpaired) electrons. The fourth-order valence-corrected chi connectivity index (χ4v) is 2.19. The summed E-state index contributed by atoms with van der Waals surface area (Å²) in [6.07, 6.45) is 2.38. The minimum atomic E-state index is -0.743. The Morgan fingerprint density at radius 2 is 1.94 bits per heavy atom. The lowest BCUT2D eigenvalue weighted by Gasteiger charge is -2.38. The number of carboxylic acid groups (broad SMARTS) is 1. The minimum absolute atomic E-state index is 0.0270. The highest BCUT2D eigenvalue weighted by molar-refractivity contribution is 5.82. The van der Waals surface area contributed by atoms with Crippen LogP contribution in [0.1, 0.15) is 24.8 Å². The largest absolute Gasteiger partial charge is 0.491 e. The van der Waals surface area contributed by atoms with Crippen molar-refractivity contribution in [1.82, 2.24) is 0 Å². The molecule has 0 aromatic heterocycles. The molecule has 0 bridgehead atoms. The van der Waals surface area contributed by atoms with Crippen LogP contribution in [0.5, 0.6) is 5.75 Å². The first-order valence-corrected chi connectivity index (χ1v) is 5.77. The van der Waals surface area contributed by atoms with Gasteiger partial charge < -0.3 is 14.9 Å². The molecule has 0 heterocycles. The standard InChI is InChI=1S/C13H16O4/c14-8-9-17-11-4-2-10(3-5-11)13(12(15)16)6-1-7-13/h2-5,14H,1,6-9H2,(H,15,16). The van der Waals surface area contributed by atoms with E-state index in [1.165, 1.54) is 0 Å². The Hall–Kier alpha value is -1.55. The molecular weight excluding hydrogens is 220 g/mol. The highest BCUT2D eigenvalue weighted by Gasteiger charge is 2.45. The number of carbonyl (C=O) groups is 1. The van der Waals surface area contributed by atoms with Gasteiger partial charge >= 0.3 is 5.97 Å². The number of rotatable bonds is 5. The molecule has 0 unspecified atom stereocenters. The number of carboxylic acids is 1. The summed E-state index contributed by atoms with van der Waals surface area (Å²) >= 11 is 0. The van der Waals surface area contributed by atoms with Gasteiger partial charge in [-0.2, -0.15) is 0 Å². The summed E-state index contributed by atoms with van der Waals surface area (Å²) in [5.74, 6) is -0.0876. The van der Waals surface area contributed by atoms with E-state index in [1.54, 1.807) is 24.3 Å². The van der Waals surface area contributed by atoms with Crippen molar-refractivity contribution in [1.29, 1.82) is 0 Å². The second-order valence-electron chi connectivity index (χ2n) is 4.34. The number of hydrogen-bond acceptors (Lipinski definition) is 3. The fourth-order valence-electron chi connectivity index (χ4n) is 2.19. The van der Waals surface area contributed by atoms with Gasteiger partial charge in [0.2, 0.25) is 0 Å². The Bertz CT molecular complexity index is 392. The van der Waals surface area contributed by atoms with Crippen molar-refractivity contribution in [3.8, 4) is 5.75 Å². The summed E-state index contributed by atoms with van der Waals surface area (Å²) in [5.41, 5.74) is 0.155. The molecule has 92 valence electrons. The zero-order valence-electron chi connectivity index (χ0n) is 9.56. The summed E-state index contributed by atoms with van der Waals surface area (Å²) in [4.78, 5) is 11.3. The van der Waals surface area contributed by atoms with Gasteiger partial charge in [-0.15, -0.1) is 0 Å². The summed E-state index contributed by atoms with van der Waals surface area (Å²) in [6.45, 7) is 0.226. The van der Waals surface area contributed by atoms with Gasteiger partial charge in [0.15, 0.2) is 0 Å². The van der Waals surface area contributed by atoms with E-state index in [0.29, 0.717) is 18.6 Å². The van der Waals surface area contributed by atoms with Crippen molar-refractivity contribution in [2.75, 3.05) is 13.2 Å². The quantitative estimate of drug-likeness (QED) is 0.814. The lowest BCUT2D eigenvalue weighted by Crippen LogP contribution is -2.42. The summed E-state index contributed by atoms with van der Waals surface area (Å²) in [6, 6.07) is 7.13. The van der Waals surface area contributed by atoms with E-state index >= 15 is 0 Å². The van der Waals surface area contributed by atoms with Crippen molar-refractivity contribution >= 4 is 5.97 Å². The Morgan fingerprint density at radius 1 is 1.29 bits per heavy atom. The van der Waals surface area contributed by atoms with E-state index < -0.39 is 11.4 Å². The van der Waals surface area contributed by atoms with Crippen molar-refractivity contribution in [3.63, 3.8) is 0 Å². The first-order chi connectivity index (χ1) is 8.19. The topological polar surface area (TPSA) is 66.8 Å². The number of aliphatic carboxylic acids is 1. The zero-order valence-corrected chi connectivity index (χ0v) is 9.56. The summed E-state index contributed by atoms with van der Waals surface area (Å²) < 4.78 is 5.24. The Morgan fingerprint density at radius 3 is 2.35 bits per heavy atom. The molecule has 17 heavy (non-hydrogen) atoms. The molecule has 2 rings (SSSR count). The molecule has 1 aliphatic carbocycles. The molecule has 1 fully saturated rings. The predicted molar refractivity (Wildman–Crippen MR) is 62.2 cm³/mol. The van der Waals surface area contributed by atoms with Crippen molar-refractivity contribution in [3.05, 3.63) is 29.8 Å². The van der Waals surface area contributed by atoms with Crippen LogP contribution >= 0.6 is 0 Å². The summed E-state index contributed by atoms with van der Waals surface area (Å²) in [7, 11) is 0. The molecule has 0 aliphatic heterocycles. The molecule has 1 aromatic carbocycles. The third kappa shape index (κ3) is 2.13. The third-order valence-electron chi connectivity index (χ3n) is 3.38. The Balaban J connectivity index is 2.14. The lowest BCUT2D eigenvalue weighted by atomic mass is 9.64. The van der Waals surface area contributed by atoms with E-state index in [-0.39, 0.29) is 13.2 Å². The van der Waals surface area contributed by atoms with Crippen LogP contribution in [0.2, 0.25) is 0 Å².